The Hall–Kier alpha value is 0.280. The summed E-state index contributed by atoms with van der Waals surface area (Å²) >= 11 is 4.20. The predicted molar refractivity (Wildman–Crippen MR) is 134 cm³/mol. The van der Waals surface area contributed by atoms with Gasteiger partial charge in [-0.2, -0.15) is 0 Å². The van der Waals surface area contributed by atoms with Gasteiger partial charge in [0.2, 0.25) is 0 Å². The van der Waals surface area contributed by atoms with E-state index in [-0.39, 0.29) is 15.9 Å². The molecule has 30 heavy (non-hydrogen) atoms. The van der Waals surface area contributed by atoms with E-state index in [2.05, 4.69) is 55.0 Å². The Morgan fingerprint density at radius 3 is 2.53 bits per heavy atom. The van der Waals surface area contributed by atoms with Gasteiger partial charge < -0.3 is 14.2 Å². The molecule has 3 unspecified atom stereocenters. The third-order valence-corrected chi connectivity index (χ3v) is 6.59. The topological polar surface area (TPSA) is 68.3 Å². The highest BCUT2D eigenvalue weighted by atomic mass is 127. The molecule has 7 nitrogen and oxygen atoms in total. The molecule has 174 valence electrons. The summed E-state index contributed by atoms with van der Waals surface area (Å²) in [5, 5.41) is 0. The van der Waals surface area contributed by atoms with Crippen LogP contribution in [0.15, 0.2) is 0 Å². The molecule has 0 aromatic carbocycles. The molecule has 0 N–H and O–H groups in total. The third-order valence-electron chi connectivity index (χ3n) is 5.64. The summed E-state index contributed by atoms with van der Waals surface area (Å²) in [5.74, 6) is -0.285. The molecular formula is C21H36I2N2O5. The fourth-order valence-corrected chi connectivity index (χ4v) is 4.32. The van der Waals surface area contributed by atoms with Crippen LogP contribution < -0.4 is 0 Å². The number of rotatable bonds is 11. The second-order valence-corrected chi connectivity index (χ2v) is 13.1. The molecule has 9 heteroatoms. The summed E-state index contributed by atoms with van der Waals surface area (Å²) < 4.78 is 16.0. The van der Waals surface area contributed by atoms with Crippen molar-refractivity contribution in [3.8, 4) is 0 Å². The molecule has 3 atom stereocenters. The summed E-state index contributed by atoms with van der Waals surface area (Å²) in [5.41, 5.74) is 0. The lowest BCUT2D eigenvalue weighted by Gasteiger charge is -2.42. The number of alkyl halides is 2. The van der Waals surface area contributed by atoms with Crippen molar-refractivity contribution in [3.05, 3.63) is 0 Å². The molecule has 2 saturated heterocycles. The Morgan fingerprint density at radius 1 is 1.10 bits per heavy atom. The molecule has 2 fully saturated rings. The number of unbranched alkanes of at least 4 members (excludes halogenated alkanes) is 1. The molecule has 0 radical (unpaired) electrons. The van der Waals surface area contributed by atoms with Gasteiger partial charge in [0.1, 0.15) is 14.0 Å². The molecule has 0 aliphatic carbocycles. The van der Waals surface area contributed by atoms with Crippen molar-refractivity contribution in [1.82, 2.24) is 9.80 Å². The number of hydrogen-bond donors (Lipinski definition) is 0. The fraction of sp³-hybridized carbons (Fsp3) is 0.905. The lowest BCUT2D eigenvalue weighted by molar-refractivity contribution is -0.146. The van der Waals surface area contributed by atoms with E-state index in [9.17, 15) is 9.59 Å². The minimum Gasteiger partial charge on any atom is -0.465 e. The zero-order chi connectivity index (χ0) is 22.1. The third kappa shape index (κ3) is 8.67. The van der Waals surface area contributed by atoms with Crippen LogP contribution in [0.3, 0.4) is 0 Å². The minimum absolute atomic E-state index is 0.0956. The standard InChI is InChI=1S/C21H36I2N2O5/c1-16(22)19(26)29-12-5-4-8-25-10-13-28-15-18(25)17-7-6-9-24(17)11-14-30-20(27)21(2,3)23/h16-18H,4-15H2,1-3H3. The summed E-state index contributed by atoms with van der Waals surface area (Å²) in [7, 11) is 0. The predicted octanol–water partition coefficient (Wildman–Crippen LogP) is 3.06. The van der Waals surface area contributed by atoms with Gasteiger partial charge in [-0.05, 0) is 59.5 Å². The first-order chi connectivity index (χ1) is 14.2. The van der Waals surface area contributed by atoms with Gasteiger partial charge in [-0.15, -0.1) is 0 Å². The average molecular weight is 650 g/mol. The molecule has 0 bridgehead atoms. The number of esters is 2. The largest absolute Gasteiger partial charge is 0.465 e. The molecule has 2 heterocycles. The smallest absolute Gasteiger partial charge is 0.321 e. The van der Waals surface area contributed by atoms with E-state index in [0.717, 1.165) is 58.7 Å². The van der Waals surface area contributed by atoms with Crippen LogP contribution in [-0.4, -0.2) is 93.8 Å². The van der Waals surface area contributed by atoms with Crippen molar-refractivity contribution in [3.63, 3.8) is 0 Å². The van der Waals surface area contributed by atoms with Gasteiger partial charge in [-0.1, -0.05) is 45.2 Å². The first-order valence-corrected chi connectivity index (χ1v) is 13.2. The van der Waals surface area contributed by atoms with Gasteiger partial charge >= 0.3 is 11.9 Å². The van der Waals surface area contributed by atoms with Crippen LogP contribution >= 0.6 is 45.2 Å². The highest BCUT2D eigenvalue weighted by Gasteiger charge is 2.37. The van der Waals surface area contributed by atoms with Crippen LogP contribution in [-0.2, 0) is 23.8 Å². The number of nitrogens with zero attached hydrogens (tertiary/aromatic N) is 2. The van der Waals surface area contributed by atoms with Crippen molar-refractivity contribution in [1.29, 1.82) is 0 Å². The average Bonchev–Trinajstić information content (AvgIpc) is 3.15. The van der Waals surface area contributed by atoms with Gasteiger partial charge in [0.05, 0.1) is 19.8 Å². The summed E-state index contributed by atoms with van der Waals surface area (Å²) in [6.45, 7) is 11.8. The number of halogens is 2. The summed E-state index contributed by atoms with van der Waals surface area (Å²) in [4.78, 5) is 28.6. The SMILES string of the molecule is CC(I)C(=O)OCCCCN1CCOCC1C1CCCN1CCOC(=O)C(C)(C)I. The van der Waals surface area contributed by atoms with Crippen LogP contribution in [0.4, 0.5) is 0 Å². The molecule has 0 aromatic heterocycles. The van der Waals surface area contributed by atoms with Crippen molar-refractivity contribution in [2.24, 2.45) is 0 Å². The van der Waals surface area contributed by atoms with E-state index in [0.29, 0.717) is 25.3 Å². The van der Waals surface area contributed by atoms with Crippen molar-refractivity contribution >= 4 is 57.1 Å². The number of carbonyl (C=O) groups is 2. The molecule has 2 rings (SSSR count). The Labute approximate surface area is 208 Å². The number of likely N-dealkylation sites (tertiary alicyclic amines) is 1. The molecule has 2 aliphatic rings. The molecule has 0 amide bonds. The second kappa shape index (κ2) is 13.1. The van der Waals surface area contributed by atoms with E-state index in [1.807, 2.05) is 20.8 Å². The van der Waals surface area contributed by atoms with Crippen LogP contribution in [0.2, 0.25) is 0 Å². The molecule has 2 aliphatic heterocycles. The zero-order valence-electron chi connectivity index (χ0n) is 18.4. The van der Waals surface area contributed by atoms with Gasteiger partial charge in [0, 0.05) is 25.2 Å². The van der Waals surface area contributed by atoms with Crippen LogP contribution in [0.25, 0.3) is 0 Å². The van der Waals surface area contributed by atoms with E-state index in [4.69, 9.17) is 14.2 Å². The minimum atomic E-state index is -0.487. The highest BCUT2D eigenvalue weighted by Crippen LogP contribution is 2.26. The van der Waals surface area contributed by atoms with Crippen LogP contribution in [0.5, 0.6) is 0 Å². The number of carbonyl (C=O) groups excluding carboxylic acids is 2. The monoisotopic (exact) mass is 650 g/mol. The molecule has 0 spiro atoms. The molecule has 0 aromatic rings. The van der Waals surface area contributed by atoms with E-state index < -0.39 is 3.42 Å². The maximum Gasteiger partial charge on any atom is 0.321 e. The van der Waals surface area contributed by atoms with Crippen LogP contribution in [0.1, 0.15) is 46.5 Å². The first kappa shape index (κ1) is 26.5. The van der Waals surface area contributed by atoms with Crippen molar-refractivity contribution < 1.29 is 23.8 Å². The summed E-state index contributed by atoms with van der Waals surface area (Å²) in [6, 6.07) is 0.809. The Balaban J connectivity index is 1.78. The van der Waals surface area contributed by atoms with Crippen molar-refractivity contribution in [2.75, 3.05) is 52.6 Å². The maximum absolute atomic E-state index is 12.0. The van der Waals surface area contributed by atoms with Crippen molar-refractivity contribution in [2.45, 2.75) is 65.9 Å². The fourth-order valence-electron chi connectivity index (χ4n) is 3.99. The lowest BCUT2D eigenvalue weighted by Crippen LogP contribution is -2.56. The Bertz CT molecular complexity index is 556. The zero-order valence-corrected chi connectivity index (χ0v) is 22.7. The quantitative estimate of drug-likeness (QED) is 0.148. The number of ether oxygens (including phenoxy) is 3. The highest BCUT2D eigenvalue weighted by molar-refractivity contribution is 14.1. The molecule has 0 saturated carbocycles. The normalized spacial score (nSPS) is 24.6. The van der Waals surface area contributed by atoms with E-state index >= 15 is 0 Å². The van der Waals surface area contributed by atoms with Gasteiger partial charge in [-0.3, -0.25) is 19.4 Å². The molecular weight excluding hydrogens is 614 g/mol. The van der Waals surface area contributed by atoms with E-state index in [1.54, 1.807) is 0 Å². The van der Waals surface area contributed by atoms with Crippen LogP contribution in [0, 0.1) is 0 Å². The van der Waals surface area contributed by atoms with E-state index in [1.165, 1.54) is 6.42 Å². The van der Waals surface area contributed by atoms with Gasteiger partial charge in [0.15, 0.2) is 0 Å². The Morgan fingerprint density at radius 2 is 1.83 bits per heavy atom. The lowest BCUT2D eigenvalue weighted by atomic mass is 10.0. The summed E-state index contributed by atoms with van der Waals surface area (Å²) in [6.07, 6.45) is 4.22. The number of hydrogen-bond acceptors (Lipinski definition) is 7. The first-order valence-electron chi connectivity index (χ1n) is 10.9. The Kier molecular flexibility index (Phi) is 11.6. The number of morpholine rings is 1. The van der Waals surface area contributed by atoms with Gasteiger partial charge in [0.25, 0.3) is 0 Å². The maximum atomic E-state index is 12.0. The van der Waals surface area contributed by atoms with Gasteiger partial charge in [-0.25, -0.2) is 0 Å². The second-order valence-electron chi connectivity index (χ2n) is 8.52.